The minimum atomic E-state index is -0.700. The minimum absolute atomic E-state index is 0.132. The predicted octanol–water partition coefficient (Wildman–Crippen LogP) is 4.17. The molecule has 0 spiro atoms. The average Bonchev–Trinajstić information content (AvgIpc) is 1.82. The van der Waals surface area contributed by atoms with Crippen molar-refractivity contribution in [2.24, 2.45) is 0 Å². The fourth-order valence-electron chi connectivity index (χ4n) is 1.12. The van der Waals surface area contributed by atoms with Crippen molar-refractivity contribution in [2.45, 2.75) is 13.8 Å². The van der Waals surface area contributed by atoms with Crippen LogP contribution < -0.4 is 5.30 Å². The van der Waals surface area contributed by atoms with Crippen LogP contribution in [0, 0.1) is 19.7 Å². The van der Waals surface area contributed by atoms with E-state index in [2.05, 4.69) is 31.0 Å². The molecule has 66 valence electrons. The molecule has 0 bridgehead atoms. The Morgan fingerprint density at radius 2 is 1.83 bits per heavy atom. The van der Waals surface area contributed by atoms with Crippen molar-refractivity contribution in [3.63, 3.8) is 0 Å². The van der Waals surface area contributed by atoms with Crippen molar-refractivity contribution in [1.29, 1.82) is 0 Å². The van der Waals surface area contributed by atoms with E-state index in [1.165, 1.54) is 0 Å². The Bertz CT molecular complexity index is 276. The van der Waals surface area contributed by atoms with Gasteiger partial charge in [0.15, 0.2) is 0 Å². The standard InChI is InChI=1S/C8H8Br2FP/c1-5-3-6(2)8(12(9)10)7(11)4-5/h3-4H,1-2H3. The lowest BCUT2D eigenvalue weighted by Crippen LogP contribution is -2.06. The van der Waals surface area contributed by atoms with Gasteiger partial charge in [0.05, 0.1) is 5.33 Å². The Balaban J connectivity index is 3.28. The lowest BCUT2D eigenvalue weighted by atomic mass is 10.1. The van der Waals surface area contributed by atoms with Gasteiger partial charge in [0.1, 0.15) is 5.82 Å². The van der Waals surface area contributed by atoms with Gasteiger partial charge < -0.3 is 0 Å². The summed E-state index contributed by atoms with van der Waals surface area (Å²) in [6, 6.07) is 3.54. The van der Waals surface area contributed by atoms with Crippen molar-refractivity contribution >= 4 is 41.6 Å². The molecular formula is C8H8Br2FP. The monoisotopic (exact) mass is 312 g/mol. The third-order valence-electron chi connectivity index (χ3n) is 1.57. The molecule has 12 heavy (non-hydrogen) atoms. The van der Waals surface area contributed by atoms with Gasteiger partial charge in [-0.1, -0.05) is 6.07 Å². The number of hydrogen-bond acceptors (Lipinski definition) is 0. The summed E-state index contributed by atoms with van der Waals surface area (Å²) in [5.41, 5.74) is 1.96. The lowest BCUT2D eigenvalue weighted by Gasteiger charge is -2.08. The largest absolute Gasteiger partial charge is 0.206 e. The molecule has 0 aliphatic heterocycles. The summed E-state index contributed by atoms with van der Waals surface area (Å²) >= 11 is 6.70. The van der Waals surface area contributed by atoms with Crippen LogP contribution in [0.15, 0.2) is 12.1 Å². The van der Waals surface area contributed by atoms with E-state index in [0.29, 0.717) is 0 Å². The Morgan fingerprint density at radius 1 is 1.25 bits per heavy atom. The molecule has 0 amide bonds. The molecule has 1 aromatic rings. The van der Waals surface area contributed by atoms with Gasteiger partial charge in [0.2, 0.25) is 0 Å². The van der Waals surface area contributed by atoms with E-state index in [1.807, 2.05) is 19.9 Å². The lowest BCUT2D eigenvalue weighted by molar-refractivity contribution is 0.634. The first kappa shape index (κ1) is 10.6. The molecule has 0 aromatic heterocycles. The molecule has 0 nitrogen and oxygen atoms in total. The van der Waals surface area contributed by atoms with Gasteiger partial charge >= 0.3 is 0 Å². The molecule has 4 heteroatoms. The molecule has 0 fully saturated rings. The van der Waals surface area contributed by atoms with Crippen LogP contribution in [-0.4, -0.2) is 0 Å². The fourth-order valence-corrected chi connectivity index (χ4v) is 4.37. The average molecular weight is 314 g/mol. The zero-order valence-electron chi connectivity index (χ0n) is 6.74. The Labute approximate surface area is 88.8 Å². The quantitative estimate of drug-likeness (QED) is 0.683. The van der Waals surface area contributed by atoms with Crippen LogP contribution in [0.5, 0.6) is 0 Å². The molecule has 0 unspecified atom stereocenters. The van der Waals surface area contributed by atoms with E-state index in [9.17, 15) is 4.39 Å². The Kier molecular flexibility index (Phi) is 3.69. The molecule has 1 aromatic carbocycles. The van der Waals surface area contributed by atoms with Gasteiger partial charge in [-0.25, -0.2) is 4.39 Å². The van der Waals surface area contributed by atoms with Crippen molar-refractivity contribution < 1.29 is 4.39 Å². The predicted molar refractivity (Wildman–Crippen MR) is 60.3 cm³/mol. The number of halogens is 3. The third-order valence-corrected chi connectivity index (χ3v) is 4.60. The van der Waals surface area contributed by atoms with Gasteiger partial charge in [-0.2, -0.15) is 0 Å². The first-order valence-electron chi connectivity index (χ1n) is 3.41. The van der Waals surface area contributed by atoms with E-state index in [0.717, 1.165) is 16.4 Å². The summed E-state index contributed by atoms with van der Waals surface area (Å²) < 4.78 is 13.3. The summed E-state index contributed by atoms with van der Waals surface area (Å²) in [7, 11) is 0. The molecule has 0 aliphatic carbocycles. The van der Waals surface area contributed by atoms with Crippen LogP contribution >= 0.6 is 36.3 Å². The highest BCUT2D eigenvalue weighted by Gasteiger charge is 2.12. The number of rotatable bonds is 1. The summed E-state index contributed by atoms with van der Waals surface area (Å²) in [5.74, 6) is -0.132. The van der Waals surface area contributed by atoms with Crippen molar-refractivity contribution in [3.8, 4) is 0 Å². The number of benzene rings is 1. The van der Waals surface area contributed by atoms with Gasteiger partial charge in [-0.3, -0.25) is 0 Å². The maximum absolute atomic E-state index is 13.3. The van der Waals surface area contributed by atoms with E-state index in [-0.39, 0.29) is 5.82 Å². The van der Waals surface area contributed by atoms with Gasteiger partial charge in [-0.15, -0.1) is 0 Å². The zero-order chi connectivity index (χ0) is 9.30. The van der Waals surface area contributed by atoms with Crippen LogP contribution in [0.2, 0.25) is 0 Å². The van der Waals surface area contributed by atoms with Crippen molar-refractivity contribution in [1.82, 2.24) is 0 Å². The highest BCUT2D eigenvalue weighted by atomic mass is 79.9. The second kappa shape index (κ2) is 4.17. The first-order valence-corrected chi connectivity index (χ1v) is 8.78. The van der Waals surface area contributed by atoms with E-state index in [4.69, 9.17) is 0 Å². The fraction of sp³-hybridized carbons (Fsp3) is 0.250. The zero-order valence-corrected chi connectivity index (χ0v) is 10.8. The molecule has 1 rings (SSSR count). The van der Waals surface area contributed by atoms with Crippen LogP contribution in [-0.2, 0) is 0 Å². The summed E-state index contributed by atoms with van der Waals surface area (Å²) in [6.45, 7) is 3.81. The molecule has 0 radical (unpaired) electrons. The van der Waals surface area contributed by atoms with Crippen LogP contribution in [0.3, 0.4) is 0 Å². The highest BCUT2D eigenvalue weighted by molar-refractivity contribution is 9.70. The molecular weight excluding hydrogens is 306 g/mol. The first-order chi connectivity index (χ1) is 5.52. The second-order valence-corrected chi connectivity index (χ2v) is 10.7. The van der Waals surface area contributed by atoms with Gasteiger partial charge in [-0.05, 0) is 62.0 Å². The molecule has 0 saturated carbocycles. The van der Waals surface area contributed by atoms with Crippen LogP contribution in [0.25, 0.3) is 0 Å². The SMILES string of the molecule is Cc1cc(C)c(P(Br)Br)c(F)c1. The van der Waals surface area contributed by atoms with Crippen molar-refractivity contribution in [3.05, 3.63) is 29.1 Å². The summed E-state index contributed by atoms with van der Waals surface area (Å²) in [6.07, 6.45) is 0. The van der Waals surface area contributed by atoms with E-state index in [1.54, 1.807) is 6.07 Å². The van der Waals surface area contributed by atoms with Crippen molar-refractivity contribution in [2.75, 3.05) is 0 Å². The van der Waals surface area contributed by atoms with E-state index >= 15 is 0 Å². The normalized spacial score (nSPS) is 10.8. The smallest absolute Gasteiger partial charge is 0.133 e. The van der Waals surface area contributed by atoms with Crippen LogP contribution in [0.1, 0.15) is 11.1 Å². The molecule has 0 aliphatic rings. The maximum atomic E-state index is 13.3. The maximum Gasteiger partial charge on any atom is 0.133 e. The summed E-state index contributed by atoms with van der Waals surface area (Å²) in [4.78, 5) is 0. The minimum Gasteiger partial charge on any atom is -0.206 e. The van der Waals surface area contributed by atoms with Gasteiger partial charge in [0.25, 0.3) is 0 Å². The van der Waals surface area contributed by atoms with Gasteiger partial charge in [0, 0.05) is 5.30 Å². The highest BCUT2D eigenvalue weighted by Crippen LogP contribution is 2.52. The molecule has 0 atom stereocenters. The second-order valence-electron chi connectivity index (χ2n) is 2.65. The Hall–Kier alpha value is 0.540. The number of hydrogen-bond donors (Lipinski definition) is 0. The topological polar surface area (TPSA) is 0 Å². The third kappa shape index (κ3) is 2.27. The Morgan fingerprint density at radius 3 is 2.25 bits per heavy atom. The molecule has 0 N–H and O–H groups in total. The van der Waals surface area contributed by atoms with E-state index < -0.39 is 5.33 Å². The molecule has 0 saturated heterocycles. The molecule has 0 heterocycles. The number of aryl methyl sites for hydroxylation is 2. The van der Waals surface area contributed by atoms with Crippen LogP contribution in [0.4, 0.5) is 4.39 Å². The summed E-state index contributed by atoms with van der Waals surface area (Å²) in [5, 5.41) is 0.0463.